The van der Waals surface area contributed by atoms with Crippen LogP contribution in [-0.4, -0.2) is 5.90 Å². The lowest BCUT2D eigenvalue weighted by atomic mass is 10.1. The van der Waals surface area contributed by atoms with Gasteiger partial charge in [0.2, 0.25) is 5.90 Å². The van der Waals surface area contributed by atoms with Crippen molar-refractivity contribution in [2.75, 3.05) is 0 Å². The summed E-state index contributed by atoms with van der Waals surface area (Å²) in [6, 6.07) is 7.59. The molecule has 3 nitrogen and oxygen atoms in total. The highest BCUT2D eigenvalue weighted by molar-refractivity contribution is 5.92. The van der Waals surface area contributed by atoms with Gasteiger partial charge in [-0.3, -0.25) is 5.41 Å². The third kappa shape index (κ3) is 1.62. The van der Waals surface area contributed by atoms with E-state index in [4.69, 9.17) is 11.3 Å². The Morgan fingerprint density at radius 2 is 2.17 bits per heavy atom. The molecule has 0 fully saturated rings. The summed E-state index contributed by atoms with van der Waals surface area (Å²) in [6.45, 7) is 2.03. The van der Waals surface area contributed by atoms with Gasteiger partial charge in [0.25, 0.3) is 0 Å². The summed E-state index contributed by atoms with van der Waals surface area (Å²) in [6.07, 6.45) is 0.877. The maximum Gasteiger partial charge on any atom is 0.237 e. The SMILES string of the molecule is CCc1ccccc1C(=N)ON. The van der Waals surface area contributed by atoms with Crippen molar-refractivity contribution in [3.05, 3.63) is 35.4 Å². The second kappa shape index (κ2) is 3.88. The first kappa shape index (κ1) is 8.74. The lowest BCUT2D eigenvalue weighted by Crippen LogP contribution is -2.12. The average molecular weight is 164 g/mol. The number of rotatable bonds is 2. The molecule has 0 atom stereocenters. The molecule has 1 aromatic rings. The van der Waals surface area contributed by atoms with Crippen molar-refractivity contribution in [3.63, 3.8) is 0 Å². The molecule has 0 bridgehead atoms. The maximum atomic E-state index is 7.38. The second-order valence-corrected chi connectivity index (χ2v) is 2.46. The van der Waals surface area contributed by atoms with Crippen molar-refractivity contribution in [3.8, 4) is 0 Å². The molecule has 0 aliphatic heterocycles. The molecule has 0 aromatic heterocycles. The molecule has 0 saturated carbocycles. The van der Waals surface area contributed by atoms with Gasteiger partial charge in [0.05, 0.1) is 0 Å². The van der Waals surface area contributed by atoms with Crippen molar-refractivity contribution >= 4 is 5.90 Å². The third-order valence-corrected chi connectivity index (χ3v) is 1.76. The zero-order valence-corrected chi connectivity index (χ0v) is 7.00. The monoisotopic (exact) mass is 164 g/mol. The van der Waals surface area contributed by atoms with Crippen LogP contribution < -0.4 is 5.90 Å². The first-order valence-corrected chi connectivity index (χ1v) is 3.83. The van der Waals surface area contributed by atoms with Crippen molar-refractivity contribution in [2.24, 2.45) is 5.90 Å². The number of aryl methyl sites for hydroxylation is 1. The van der Waals surface area contributed by atoms with Gasteiger partial charge < -0.3 is 4.84 Å². The predicted molar refractivity (Wildman–Crippen MR) is 47.9 cm³/mol. The Balaban J connectivity index is 3.04. The lowest BCUT2D eigenvalue weighted by Gasteiger charge is -2.05. The third-order valence-electron chi connectivity index (χ3n) is 1.76. The van der Waals surface area contributed by atoms with Crippen LogP contribution in [-0.2, 0) is 11.3 Å². The van der Waals surface area contributed by atoms with Gasteiger partial charge in [0.15, 0.2) is 0 Å². The van der Waals surface area contributed by atoms with Crippen LogP contribution in [0.1, 0.15) is 18.1 Å². The van der Waals surface area contributed by atoms with Gasteiger partial charge in [-0.1, -0.05) is 25.1 Å². The number of hydrogen-bond acceptors (Lipinski definition) is 3. The van der Waals surface area contributed by atoms with Crippen molar-refractivity contribution in [2.45, 2.75) is 13.3 Å². The van der Waals surface area contributed by atoms with Crippen molar-refractivity contribution < 1.29 is 4.84 Å². The van der Waals surface area contributed by atoms with E-state index in [9.17, 15) is 0 Å². The highest BCUT2D eigenvalue weighted by Gasteiger charge is 2.05. The molecule has 0 aliphatic rings. The Hall–Kier alpha value is -1.35. The fourth-order valence-corrected chi connectivity index (χ4v) is 1.11. The normalized spacial score (nSPS) is 9.50. The Morgan fingerprint density at radius 3 is 2.75 bits per heavy atom. The van der Waals surface area contributed by atoms with E-state index in [0.717, 1.165) is 17.5 Å². The zero-order chi connectivity index (χ0) is 8.97. The summed E-state index contributed by atoms with van der Waals surface area (Å²) in [4.78, 5) is 4.36. The van der Waals surface area contributed by atoms with E-state index >= 15 is 0 Å². The molecule has 0 saturated heterocycles. The predicted octanol–water partition coefficient (Wildman–Crippen LogP) is 1.46. The minimum absolute atomic E-state index is 0.0208. The Morgan fingerprint density at radius 1 is 1.50 bits per heavy atom. The van der Waals surface area contributed by atoms with E-state index in [0.29, 0.717) is 0 Å². The van der Waals surface area contributed by atoms with Gasteiger partial charge in [-0.15, -0.1) is 0 Å². The molecular weight excluding hydrogens is 152 g/mol. The van der Waals surface area contributed by atoms with E-state index in [-0.39, 0.29) is 5.90 Å². The molecule has 0 spiro atoms. The van der Waals surface area contributed by atoms with Crippen LogP contribution in [0.3, 0.4) is 0 Å². The van der Waals surface area contributed by atoms with E-state index in [1.165, 1.54) is 0 Å². The highest BCUT2D eigenvalue weighted by Crippen LogP contribution is 2.09. The fourth-order valence-electron chi connectivity index (χ4n) is 1.11. The van der Waals surface area contributed by atoms with Gasteiger partial charge in [-0.25, -0.2) is 0 Å². The van der Waals surface area contributed by atoms with Gasteiger partial charge in [0, 0.05) is 5.56 Å². The van der Waals surface area contributed by atoms with E-state index in [1.54, 1.807) is 0 Å². The smallest absolute Gasteiger partial charge is 0.237 e. The maximum absolute atomic E-state index is 7.38. The summed E-state index contributed by atoms with van der Waals surface area (Å²) in [5.41, 5.74) is 1.84. The summed E-state index contributed by atoms with van der Waals surface area (Å²) >= 11 is 0. The molecule has 12 heavy (non-hydrogen) atoms. The number of benzene rings is 1. The molecule has 3 heteroatoms. The summed E-state index contributed by atoms with van der Waals surface area (Å²) in [7, 11) is 0. The van der Waals surface area contributed by atoms with Gasteiger partial charge >= 0.3 is 0 Å². The molecule has 0 aliphatic carbocycles. The fraction of sp³-hybridized carbons (Fsp3) is 0.222. The quantitative estimate of drug-likeness (QED) is 0.395. The number of hydrogen-bond donors (Lipinski definition) is 2. The molecule has 1 aromatic carbocycles. The molecule has 3 N–H and O–H groups in total. The van der Waals surface area contributed by atoms with E-state index < -0.39 is 0 Å². The molecule has 64 valence electrons. The van der Waals surface area contributed by atoms with Crippen LogP contribution in [0, 0.1) is 5.41 Å². The summed E-state index contributed by atoms with van der Waals surface area (Å²) in [5.74, 6) is 4.92. The highest BCUT2D eigenvalue weighted by atomic mass is 16.6. The first-order valence-electron chi connectivity index (χ1n) is 3.83. The minimum atomic E-state index is 0.0208. The Bertz CT molecular complexity index is 284. The van der Waals surface area contributed by atoms with Crippen LogP contribution in [0.4, 0.5) is 0 Å². The van der Waals surface area contributed by atoms with Crippen molar-refractivity contribution in [1.29, 1.82) is 5.41 Å². The van der Waals surface area contributed by atoms with Crippen LogP contribution in [0.2, 0.25) is 0 Å². The van der Waals surface area contributed by atoms with Gasteiger partial charge in [-0.2, -0.15) is 5.90 Å². The molecule has 0 radical (unpaired) electrons. The first-order chi connectivity index (χ1) is 5.79. The van der Waals surface area contributed by atoms with Crippen molar-refractivity contribution in [1.82, 2.24) is 0 Å². The lowest BCUT2D eigenvalue weighted by molar-refractivity contribution is 0.319. The topological polar surface area (TPSA) is 59.1 Å². The average Bonchev–Trinajstić information content (AvgIpc) is 2.16. The largest absolute Gasteiger partial charge is 0.391 e. The standard InChI is InChI=1S/C9H12N2O/c1-2-7-5-3-4-6-8(7)9(10)12-11/h3-6,10H,2,11H2,1H3. The zero-order valence-electron chi connectivity index (χ0n) is 7.00. The van der Waals surface area contributed by atoms with E-state index in [2.05, 4.69) is 4.84 Å². The van der Waals surface area contributed by atoms with Gasteiger partial charge in [0.1, 0.15) is 0 Å². The molecular formula is C9H12N2O. The Kier molecular flexibility index (Phi) is 2.82. The molecule has 0 unspecified atom stereocenters. The number of nitrogens with two attached hydrogens (primary N) is 1. The Labute approximate surface area is 71.6 Å². The van der Waals surface area contributed by atoms with E-state index in [1.807, 2.05) is 31.2 Å². The summed E-state index contributed by atoms with van der Waals surface area (Å²) < 4.78 is 0. The van der Waals surface area contributed by atoms with Gasteiger partial charge in [-0.05, 0) is 18.1 Å². The number of nitrogens with one attached hydrogen (secondary N) is 1. The van der Waals surface area contributed by atoms with Crippen LogP contribution in [0.5, 0.6) is 0 Å². The van der Waals surface area contributed by atoms with Crippen LogP contribution in [0.25, 0.3) is 0 Å². The molecule has 0 heterocycles. The second-order valence-electron chi connectivity index (χ2n) is 2.46. The minimum Gasteiger partial charge on any atom is -0.391 e. The molecule has 1 rings (SSSR count). The molecule has 0 amide bonds. The van der Waals surface area contributed by atoms with Crippen LogP contribution in [0.15, 0.2) is 24.3 Å². The summed E-state index contributed by atoms with van der Waals surface area (Å²) in [5, 5.41) is 7.38. The van der Waals surface area contributed by atoms with Crippen LogP contribution >= 0.6 is 0 Å².